The smallest absolute Gasteiger partial charge is 0.332 e. The number of carboxylic acids is 1. The van der Waals surface area contributed by atoms with E-state index in [9.17, 15) is 4.79 Å². The highest BCUT2D eigenvalue weighted by molar-refractivity contribution is 9.11. The first-order chi connectivity index (χ1) is 6.49. The molecule has 14 heavy (non-hydrogen) atoms. The molecule has 2 N–H and O–H groups in total. The first kappa shape index (κ1) is 11.7. The molecule has 0 fully saturated rings. The quantitative estimate of drug-likeness (QED) is 0.896. The second kappa shape index (κ2) is 4.91. The summed E-state index contributed by atoms with van der Waals surface area (Å²) in [5.74, 6) is -1.21. The Morgan fingerprint density at radius 2 is 1.79 bits per heavy atom. The van der Waals surface area contributed by atoms with Crippen molar-refractivity contribution in [1.29, 1.82) is 0 Å². The lowest BCUT2D eigenvalue weighted by Crippen LogP contribution is -2.21. The zero-order valence-electron chi connectivity index (χ0n) is 7.08. The Morgan fingerprint density at radius 3 is 2.21 bits per heavy atom. The molecule has 0 aliphatic heterocycles. The minimum absolute atomic E-state index is 0.105. The summed E-state index contributed by atoms with van der Waals surface area (Å²) in [6.45, 7) is 0. The first-order valence-electron chi connectivity index (χ1n) is 3.85. The first-order valence-corrected chi connectivity index (χ1v) is 5.43. The summed E-state index contributed by atoms with van der Waals surface area (Å²) in [6.07, 6.45) is -1.25. The number of rotatable bonds is 3. The molecular formula is C9H8Br2O3. The fraction of sp³-hybridized carbons (Fsp3) is 0.222. The van der Waals surface area contributed by atoms with E-state index in [1.807, 2.05) is 6.07 Å². The Kier molecular flexibility index (Phi) is 4.10. The lowest BCUT2D eigenvalue weighted by molar-refractivity contribution is -0.146. The standard InChI is InChI=1S/C9H8Br2O3/c10-6-1-5(2-7(11)4-6)3-8(12)9(13)14/h1-2,4,8,12H,3H2,(H,13,14)/t8-/m1/s1. The van der Waals surface area contributed by atoms with Crippen LogP contribution < -0.4 is 0 Å². The molecule has 0 heterocycles. The highest BCUT2D eigenvalue weighted by atomic mass is 79.9. The van der Waals surface area contributed by atoms with Crippen LogP contribution in [0.2, 0.25) is 0 Å². The maximum absolute atomic E-state index is 10.4. The number of benzene rings is 1. The summed E-state index contributed by atoms with van der Waals surface area (Å²) in [6, 6.07) is 5.39. The van der Waals surface area contributed by atoms with Crippen LogP contribution in [-0.2, 0) is 11.2 Å². The molecule has 0 saturated carbocycles. The van der Waals surface area contributed by atoms with Crippen LogP contribution in [0.4, 0.5) is 0 Å². The van der Waals surface area contributed by atoms with E-state index in [1.54, 1.807) is 12.1 Å². The summed E-state index contributed by atoms with van der Waals surface area (Å²) in [5, 5.41) is 17.6. The van der Waals surface area contributed by atoms with Crippen LogP contribution in [0.15, 0.2) is 27.1 Å². The molecule has 0 unspecified atom stereocenters. The Morgan fingerprint density at radius 1 is 1.29 bits per heavy atom. The molecule has 0 radical (unpaired) electrons. The topological polar surface area (TPSA) is 57.5 Å². The monoisotopic (exact) mass is 322 g/mol. The second-order valence-electron chi connectivity index (χ2n) is 2.84. The van der Waals surface area contributed by atoms with Crippen molar-refractivity contribution in [3.8, 4) is 0 Å². The predicted octanol–water partition coefficient (Wildman–Crippen LogP) is 2.20. The Hall–Kier alpha value is -0.390. The third-order valence-electron chi connectivity index (χ3n) is 1.64. The Labute approximate surface area is 98.0 Å². The number of carbonyl (C=O) groups is 1. The van der Waals surface area contributed by atoms with Crippen LogP contribution in [0, 0.1) is 0 Å². The summed E-state index contributed by atoms with van der Waals surface area (Å²) >= 11 is 6.56. The number of aliphatic carboxylic acids is 1. The Balaban J connectivity index is 2.81. The summed E-state index contributed by atoms with van der Waals surface area (Å²) in [5.41, 5.74) is 0.765. The average molecular weight is 324 g/mol. The van der Waals surface area contributed by atoms with Gasteiger partial charge in [-0.1, -0.05) is 31.9 Å². The van der Waals surface area contributed by atoms with Gasteiger partial charge in [0.25, 0.3) is 0 Å². The lowest BCUT2D eigenvalue weighted by atomic mass is 10.1. The third-order valence-corrected chi connectivity index (χ3v) is 2.55. The number of aliphatic hydroxyl groups is 1. The van der Waals surface area contributed by atoms with Crippen LogP contribution >= 0.6 is 31.9 Å². The van der Waals surface area contributed by atoms with E-state index < -0.39 is 12.1 Å². The number of hydrogen-bond acceptors (Lipinski definition) is 2. The van der Waals surface area contributed by atoms with E-state index in [-0.39, 0.29) is 6.42 Å². The van der Waals surface area contributed by atoms with Crippen molar-refractivity contribution in [2.24, 2.45) is 0 Å². The van der Waals surface area contributed by atoms with E-state index in [0.29, 0.717) is 0 Å². The lowest BCUT2D eigenvalue weighted by Gasteiger charge is -2.06. The van der Waals surface area contributed by atoms with Crippen LogP contribution in [0.1, 0.15) is 5.56 Å². The molecule has 0 aliphatic carbocycles. The molecule has 0 spiro atoms. The fourth-order valence-corrected chi connectivity index (χ4v) is 2.43. The van der Waals surface area contributed by atoms with Crippen molar-refractivity contribution in [1.82, 2.24) is 0 Å². The van der Waals surface area contributed by atoms with E-state index >= 15 is 0 Å². The van der Waals surface area contributed by atoms with Gasteiger partial charge in [0.15, 0.2) is 6.10 Å². The number of carboxylic acid groups (broad SMARTS) is 1. The minimum atomic E-state index is -1.35. The zero-order valence-corrected chi connectivity index (χ0v) is 10.2. The van der Waals surface area contributed by atoms with Gasteiger partial charge < -0.3 is 10.2 Å². The number of aliphatic hydroxyl groups excluding tert-OH is 1. The van der Waals surface area contributed by atoms with Crippen molar-refractivity contribution in [2.75, 3.05) is 0 Å². The third kappa shape index (κ3) is 3.40. The van der Waals surface area contributed by atoms with Gasteiger partial charge in [0.1, 0.15) is 0 Å². The largest absolute Gasteiger partial charge is 0.479 e. The van der Waals surface area contributed by atoms with E-state index in [1.165, 1.54) is 0 Å². The van der Waals surface area contributed by atoms with Crippen LogP contribution in [0.3, 0.4) is 0 Å². The van der Waals surface area contributed by atoms with Gasteiger partial charge in [-0.05, 0) is 23.8 Å². The summed E-state index contributed by atoms with van der Waals surface area (Å²) in [7, 11) is 0. The van der Waals surface area contributed by atoms with Crippen molar-refractivity contribution >= 4 is 37.8 Å². The van der Waals surface area contributed by atoms with E-state index in [2.05, 4.69) is 31.9 Å². The molecule has 3 nitrogen and oxygen atoms in total. The van der Waals surface area contributed by atoms with Gasteiger partial charge in [0.2, 0.25) is 0 Å². The second-order valence-corrected chi connectivity index (χ2v) is 4.67. The van der Waals surface area contributed by atoms with E-state index in [0.717, 1.165) is 14.5 Å². The minimum Gasteiger partial charge on any atom is -0.479 e. The predicted molar refractivity (Wildman–Crippen MR) is 59.2 cm³/mol. The van der Waals surface area contributed by atoms with Gasteiger partial charge in [0.05, 0.1) is 0 Å². The van der Waals surface area contributed by atoms with E-state index in [4.69, 9.17) is 10.2 Å². The molecule has 0 saturated heterocycles. The van der Waals surface area contributed by atoms with Crippen LogP contribution in [0.25, 0.3) is 0 Å². The number of hydrogen-bond donors (Lipinski definition) is 2. The van der Waals surface area contributed by atoms with Gasteiger partial charge in [-0.15, -0.1) is 0 Å². The van der Waals surface area contributed by atoms with Crippen molar-refractivity contribution in [3.63, 3.8) is 0 Å². The van der Waals surface area contributed by atoms with Crippen LogP contribution in [0.5, 0.6) is 0 Å². The van der Waals surface area contributed by atoms with Gasteiger partial charge in [-0.25, -0.2) is 4.79 Å². The highest BCUT2D eigenvalue weighted by Gasteiger charge is 2.13. The molecule has 0 amide bonds. The van der Waals surface area contributed by atoms with Gasteiger partial charge in [-0.2, -0.15) is 0 Å². The van der Waals surface area contributed by atoms with Crippen molar-refractivity contribution in [3.05, 3.63) is 32.7 Å². The molecular weight excluding hydrogens is 316 g/mol. The average Bonchev–Trinajstić information content (AvgIpc) is 2.01. The maximum atomic E-state index is 10.4. The molecule has 0 aliphatic rings. The molecule has 1 aromatic rings. The van der Waals surface area contributed by atoms with Crippen molar-refractivity contribution in [2.45, 2.75) is 12.5 Å². The van der Waals surface area contributed by atoms with Gasteiger partial charge in [-0.3, -0.25) is 0 Å². The zero-order chi connectivity index (χ0) is 10.7. The van der Waals surface area contributed by atoms with Crippen molar-refractivity contribution < 1.29 is 15.0 Å². The summed E-state index contributed by atoms with van der Waals surface area (Å²) in [4.78, 5) is 10.4. The Bertz CT molecular complexity index is 332. The highest BCUT2D eigenvalue weighted by Crippen LogP contribution is 2.20. The molecule has 1 atom stereocenters. The molecule has 0 bridgehead atoms. The molecule has 76 valence electrons. The normalized spacial score (nSPS) is 12.5. The van der Waals surface area contributed by atoms with Crippen LogP contribution in [-0.4, -0.2) is 22.3 Å². The summed E-state index contributed by atoms with van der Waals surface area (Å²) < 4.78 is 1.69. The maximum Gasteiger partial charge on any atom is 0.332 e. The molecule has 5 heteroatoms. The molecule has 0 aromatic heterocycles. The number of halogens is 2. The SMILES string of the molecule is O=C(O)[C@H](O)Cc1cc(Br)cc(Br)c1. The molecule has 1 aromatic carbocycles. The fourth-order valence-electron chi connectivity index (χ4n) is 1.04. The van der Waals surface area contributed by atoms with Gasteiger partial charge in [0, 0.05) is 15.4 Å². The van der Waals surface area contributed by atoms with Gasteiger partial charge >= 0.3 is 5.97 Å². The molecule has 1 rings (SSSR count).